The first-order valence-corrected chi connectivity index (χ1v) is 14.4. The molecule has 2 heterocycles. The monoisotopic (exact) mass is 621 g/mol. The second-order valence-corrected chi connectivity index (χ2v) is 11.2. The summed E-state index contributed by atoms with van der Waals surface area (Å²) in [6.45, 7) is 2.29. The summed E-state index contributed by atoms with van der Waals surface area (Å²) in [6, 6.07) is 17.1. The second kappa shape index (κ2) is 12.6. The van der Waals surface area contributed by atoms with E-state index >= 15 is 0 Å². The number of halogens is 4. The van der Waals surface area contributed by atoms with Crippen molar-refractivity contribution in [2.75, 3.05) is 17.7 Å². The van der Waals surface area contributed by atoms with E-state index in [4.69, 9.17) is 16.3 Å². The number of nitrogens with zero attached hydrogens (tertiary/aromatic N) is 1. The van der Waals surface area contributed by atoms with Crippen molar-refractivity contribution in [2.24, 2.45) is 5.92 Å². The number of aliphatic hydroxyl groups is 1. The fourth-order valence-electron chi connectivity index (χ4n) is 4.46. The molecule has 0 saturated carbocycles. The summed E-state index contributed by atoms with van der Waals surface area (Å²) >= 11 is 7.89. The van der Waals surface area contributed by atoms with Gasteiger partial charge in [0.05, 0.1) is 39.8 Å². The molecule has 3 N–H and O–H groups in total. The molecule has 4 rings (SSSR count). The molecule has 1 aliphatic rings. The number of allylic oxidation sites excluding steroid dienone is 1. The van der Waals surface area contributed by atoms with Crippen LogP contribution in [0, 0.1) is 17.2 Å². The number of ketones is 1. The summed E-state index contributed by atoms with van der Waals surface area (Å²) in [5.41, 5.74) is -3.57. The fraction of sp³-hybridized carbons (Fsp3) is 0.250. The minimum absolute atomic E-state index is 0.0123. The molecule has 0 aliphatic carbocycles. The number of Topliss-reactive ketones (excluding diaryl/α,β-unsaturated/α-hetero) is 1. The molecule has 0 fully saturated rings. The number of thiophene rings is 1. The predicted molar refractivity (Wildman–Crippen MR) is 152 cm³/mol. The largest absolute Gasteiger partial charge is 0.494 e. The highest BCUT2D eigenvalue weighted by Gasteiger charge is 2.66. The molecule has 0 spiro atoms. The molecule has 2 aromatic carbocycles. The Labute approximate surface area is 247 Å². The summed E-state index contributed by atoms with van der Waals surface area (Å²) in [5.74, 6) is -5.17. The lowest BCUT2D eigenvalue weighted by atomic mass is 9.70. The SMILES string of the molecule is CCOc1ccc(NC(=O)CSC2=C(C#N)[C@@H](c3ccccc3Cl)[C@H](C(=O)c3cccs3)[C@](O)(C(F)(F)F)N2)cc1. The number of hydrogen-bond donors (Lipinski definition) is 3. The third-order valence-electron chi connectivity index (χ3n) is 6.28. The van der Waals surface area contributed by atoms with Gasteiger partial charge in [0.25, 0.3) is 0 Å². The summed E-state index contributed by atoms with van der Waals surface area (Å²) in [7, 11) is 0. The van der Waals surface area contributed by atoms with Gasteiger partial charge in [0.1, 0.15) is 5.75 Å². The van der Waals surface area contributed by atoms with Crippen molar-refractivity contribution in [2.45, 2.75) is 24.7 Å². The van der Waals surface area contributed by atoms with Crippen LogP contribution in [0.5, 0.6) is 5.75 Å². The topological polar surface area (TPSA) is 111 Å². The van der Waals surface area contributed by atoms with Crippen LogP contribution < -0.4 is 15.4 Å². The number of anilines is 1. The van der Waals surface area contributed by atoms with Crippen molar-refractivity contribution in [1.82, 2.24) is 5.32 Å². The molecule has 41 heavy (non-hydrogen) atoms. The van der Waals surface area contributed by atoms with Gasteiger partial charge in [0.2, 0.25) is 11.6 Å². The van der Waals surface area contributed by atoms with Crippen LogP contribution in [0.1, 0.15) is 28.1 Å². The van der Waals surface area contributed by atoms with Gasteiger partial charge in [-0.15, -0.1) is 11.3 Å². The normalized spacial score (nSPS) is 20.6. The maximum Gasteiger partial charge on any atom is 0.437 e. The van der Waals surface area contributed by atoms with Crippen LogP contribution in [0.25, 0.3) is 0 Å². The van der Waals surface area contributed by atoms with Gasteiger partial charge < -0.3 is 20.5 Å². The van der Waals surface area contributed by atoms with Gasteiger partial charge in [-0.05, 0) is 54.3 Å². The van der Waals surface area contributed by atoms with Crippen molar-refractivity contribution in [1.29, 1.82) is 5.26 Å². The van der Waals surface area contributed by atoms with E-state index in [1.54, 1.807) is 30.3 Å². The van der Waals surface area contributed by atoms with Crippen molar-refractivity contribution in [3.05, 3.63) is 92.1 Å². The standard InChI is InChI=1S/C28H23ClF3N3O4S2/c1-2-39-17-11-9-16(10-12-17)34-22(36)15-41-26-19(14-33)23(18-6-3-4-7-20(18)29)24(25(37)21-8-5-13-40-21)27(38,35-26)28(30,31)32/h3-13,23-24,35,38H,2,15H2,1H3,(H,34,36)/t23-,24-,27+/m1/s1. The molecule has 3 aromatic rings. The number of nitriles is 1. The number of carbonyl (C=O) groups is 2. The molecular formula is C28H23ClF3N3O4S2. The Morgan fingerprint density at radius 3 is 2.49 bits per heavy atom. The summed E-state index contributed by atoms with van der Waals surface area (Å²) < 4.78 is 49.3. The van der Waals surface area contributed by atoms with Crippen molar-refractivity contribution < 1.29 is 32.6 Å². The molecular weight excluding hydrogens is 599 g/mol. The Balaban J connectivity index is 1.73. The summed E-state index contributed by atoms with van der Waals surface area (Å²) in [5, 5.41) is 27.2. The zero-order chi connectivity index (χ0) is 29.8. The highest BCUT2D eigenvalue weighted by Crippen LogP contribution is 2.52. The van der Waals surface area contributed by atoms with Gasteiger partial charge in [-0.3, -0.25) is 9.59 Å². The number of benzene rings is 2. The van der Waals surface area contributed by atoms with Crippen molar-refractivity contribution in [3.8, 4) is 11.8 Å². The molecule has 1 aromatic heterocycles. The zero-order valence-corrected chi connectivity index (χ0v) is 23.8. The molecule has 13 heteroatoms. The molecule has 1 amide bonds. The van der Waals surface area contributed by atoms with Gasteiger partial charge in [-0.25, -0.2) is 0 Å². The summed E-state index contributed by atoms with van der Waals surface area (Å²) in [4.78, 5) is 26.2. The molecule has 0 unspecified atom stereocenters. The Kier molecular flexibility index (Phi) is 9.34. The minimum atomic E-state index is -5.36. The smallest absolute Gasteiger partial charge is 0.437 e. The maximum absolute atomic E-state index is 14.6. The van der Waals surface area contributed by atoms with E-state index in [0.29, 0.717) is 29.8 Å². The second-order valence-electron chi connectivity index (χ2n) is 8.86. The number of carbonyl (C=O) groups excluding carboxylic acids is 2. The highest BCUT2D eigenvalue weighted by atomic mass is 35.5. The number of thioether (sulfide) groups is 1. The molecule has 3 atom stereocenters. The van der Waals surface area contributed by atoms with E-state index in [2.05, 4.69) is 5.32 Å². The highest BCUT2D eigenvalue weighted by molar-refractivity contribution is 8.03. The predicted octanol–water partition coefficient (Wildman–Crippen LogP) is 6.34. The van der Waals surface area contributed by atoms with Gasteiger partial charge in [-0.2, -0.15) is 18.4 Å². The molecule has 0 saturated heterocycles. The van der Waals surface area contributed by atoms with Gasteiger partial charge in [-0.1, -0.05) is 47.6 Å². The molecule has 214 valence electrons. The van der Waals surface area contributed by atoms with E-state index in [9.17, 15) is 33.1 Å². The summed E-state index contributed by atoms with van der Waals surface area (Å²) in [6.07, 6.45) is -5.36. The number of hydrogen-bond acceptors (Lipinski definition) is 8. The quantitative estimate of drug-likeness (QED) is 0.239. The zero-order valence-electron chi connectivity index (χ0n) is 21.4. The fourth-order valence-corrected chi connectivity index (χ4v) is 6.32. The van der Waals surface area contributed by atoms with E-state index < -0.39 is 46.2 Å². The van der Waals surface area contributed by atoms with E-state index in [1.807, 2.05) is 18.3 Å². The van der Waals surface area contributed by atoms with Crippen LogP contribution in [0.3, 0.4) is 0 Å². The van der Waals surface area contributed by atoms with E-state index in [1.165, 1.54) is 35.7 Å². The van der Waals surface area contributed by atoms with E-state index in [-0.39, 0.29) is 21.0 Å². The number of rotatable bonds is 9. The Morgan fingerprint density at radius 1 is 1.20 bits per heavy atom. The van der Waals surface area contributed by atoms with Crippen LogP contribution in [0.15, 0.2) is 76.6 Å². The van der Waals surface area contributed by atoms with Crippen molar-refractivity contribution >= 4 is 52.1 Å². The number of alkyl halides is 3. The number of ether oxygens (including phenoxy) is 1. The lowest BCUT2D eigenvalue weighted by molar-refractivity contribution is -0.285. The lowest BCUT2D eigenvalue weighted by Crippen LogP contribution is -2.66. The minimum Gasteiger partial charge on any atom is -0.494 e. The van der Waals surface area contributed by atoms with Crippen LogP contribution in [-0.4, -0.2) is 41.1 Å². The van der Waals surface area contributed by atoms with E-state index in [0.717, 1.165) is 11.3 Å². The van der Waals surface area contributed by atoms with Crippen LogP contribution in [0.2, 0.25) is 5.02 Å². The first-order valence-electron chi connectivity index (χ1n) is 12.2. The molecule has 0 radical (unpaired) electrons. The third-order valence-corrected chi connectivity index (χ3v) is 8.53. The van der Waals surface area contributed by atoms with Gasteiger partial charge in [0.15, 0.2) is 5.78 Å². The molecule has 7 nitrogen and oxygen atoms in total. The van der Waals surface area contributed by atoms with Gasteiger partial charge >= 0.3 is 6.18 Å². The number of nitrogens with one attached hydrogen (secondary N) is 2. The Bertz CT molecular complexity index is 1490. The third kappa shape index (κ3) is 6.38. The van der Waals surface area contributed by atoms with Crippen LogP contribution >= 0.6 is 34.7 Å². The van der Waals surface area contributed by atoms with Crippen LogP contribution in [-0.2, 0) is 4.79 Å². The first kappa shape index (κ1) is 30.5. The van der Waals surface area contributed by atoms with Gasteiger partial charge in [0, 0.05) is 16.6 Å². The average Bonchev–Trinajstić information content (AvgIpc) is 3.47. The maximum atomic E-state index is 14.6. The Morgan fingerprint density at radius 2 is 1.90 bits per heavy atom. The average molecular weight is 622 g/mol. The molecule has 1 aliphatic heterocycles. The lowest BCUT2D eigenvalue weighted by Gasteiger charge is -2.45. The first-order chi connectivity index (χ1) is 19.5. The van der Waals surface area contributed by atoms with Crippen LogP contribution in [0.4, 0.5) is 18.9 Å². The van der Waals surface area contributed by atoms with Crippen molar-refractivity contribution in [3.63, 3.8) is 0 Å². The Hall–Kier alpha value is -3.50. The molecule has 0 bridgehead atoms. The number of amides is 1.